The van der Waals surface area contributed by atoms with Crippen LogP contribution in [0.25, 0.3) is 0 Å². The van der Waals surface area contributed by atoms with E-state index in [0.29, 0.717) is 0 Å². The number of hydrogen-bond acceptors (Lipinski definition) is 1. The van der Waals surface area contributed by atoms with Gasteiger partial charge in [-0.2, -0.15) is 0 Å². The van der Waals surface area contributed by atoms with Gasteiger partial charge in [-0.25, -0.2) is 4.39 Å². The van der Waals surface area contributed by atoms with E-state index in [1.165, 1.54) is 12.1 Å². The van der Waals surface area contributed by atoms with E-state index in [0.717, 1.165) is 9.13 Å². The van der Waals surface area contributed by atoms with E-state index in [-0.39, 0.29) is 11.9 Å². The first kappa shape index (κ1) is 8.93. The van der Waals surface area contributed by atoms with Crippen LogP contribution in [0.2, 0.25) is 0 Å². The van der Waals surface area contributed by atoms with Gasteiger partial charge in [0.15, 0.2) is 0 Å². The molecule has 0 bridgehead atoms. The highest BCUT2D eigenvalue weighted by Crippen LogP contribution is 2.18. The maximum Gasteiger partial charge on any atom is 0.123 e. The third-order valence-corrected chi connectivity index (χ3v) is 2.43. The van der Waals surface area contributed by atoms with Gasteiger partial charge < -0.3 is 5.73 Å². The van der Waals surface area contributed by atoms with Crippen molar-refractivity contribution < 1.29 is 4.39 Å². The van der Waals surface area contributed by atoms with E-state index in [4.69, 9.17) is 5.73 Å². The largest absolute Gasteiger partial charge is 0.324 e. The summed E-state index contributed by atoms with van der Waals surface area (Å²) < 4.78 is 13.7. The Morgan fingerprint density at radius 3 is 2.64 bits per heavy atom. The monoisotopic (exact) mass is 265 g/mol. The van der Waals surface area contributed by atoms with Crippen LogP contribution < -0.4 is 5.73 Å². The summed E-state index contributed by atoms with van der Waals surface area (Å²) in [5.74, 6) is -0.224. The smallest absolute Gasteiger partial charge is 0.123 e. The van der Waals surface area contributed by atoms with Crippen LogP contribution in [-0.2, 0) is 0 Å². The summed E-state index contributed by atoms with van der Waals surface area (Å²) in [6.07, 6.45) is 0. The molecular formula is C8H9FIN. The van der Waals surface area contributed by atoms with Gasteiger partial charge in [-0.05, 0) is 53.3 Å². The number of halogens is 2. The first-order valence-electron chi connectivity index (χ1n) is 3.32. The van der Waals surface area contributed by atoms with E-state index in [1.54, 1.807) is 6.07 Å². The molecule has 1 unspecified atom stereocenters. The molecule has 0 heterocycles. The normalized spacial score (nSPS) is 13.1. The van der Waals surface area contributed by atoms with Crippen LogP contribution in [0, 0.1) is 9.39 Å². The molecule has 0 aliphatic rings. The quantitative estimate of drug-likeness (QED) is 0.775. The molecule has 1 aromatic rings. The Morgan fingerprint density at radius 1 is 1.55 bits per heavy atom. The molecule has 0 aromatic heterocycles. The zero-order valence-corrected chi connectivity index (χ0v) is 8.30. The SMILES string of the molecule is CC(N)c1cc(F)ccc1I. The topological polar surface area (TPSA) is 26.0 Å². The Bertz CT molecular complexity index is 260. The Hall–Kier alpha value is -0.160. The van der Waals surface area contributed by atoms with Crippen LogP contribution in [0.5, 0.6) is 0 Å². The molecule has 0 aliphatic carbocycles. The summed E-state index contributed by atoms with van der Waals surface area (Å²) >= 11 is 2.15. The van der Waals surface area contributed by atoms with Crippen LogP contribution in [-0.4, -0.2) is 0 Å². The van der Waals surface area contributed by atoms with Crippen molar-refractivity contribution in [3.05, 3.63) is 33.1 Å². The van der Waals surface area contributed by atoms with Crippen LogP contribution in [0.4, 0.5) is 4.39 Å². The zero-order valence-electron chi connectivity index (χ0n) is 6.14. The van der Waals surface area contributed by atoms with Crippen LogP contribution in [0.3, 0.4) is 0 Å². The molecule has 0 aliphatic heterocycles. The lowest BCUT2D eigenvalue weighted by atomic mass is 10.1. The summed E-state index contributed by atoms with van der Waals surface area (Å²) in [6.45, 7) is 1.84. The second-order valence-electron chi connectivity index (χ2n) is 2.45. The van der Waals surface area contributed by atoms with Crippen LogP contribution in [0.1, 0.15) is 18.5 Å². The van der Waals surface area contributed by atoms with E-state index in [1.807, 2.05) is 6.92 Å². The molecular weight excluding hydrogens is 256 g/mol. The van der Waals surface area contributed by atoms with Crippen molar-refractivity contribution in [2.45, 2.75) is 13.0 Å². The molecule has 1 atom stereocenters. The van der Waals surface area contributed by atoms with Gasteiger partial charge in [-0.15, -0.1) is 0 Å². The van der Waals surface area contributed by atoms with Crippen molar-refractivity contribution in [1.82, 2.24) is 0 Å². The summed E-state index contributed by atoms with van der Waals surface area (Å²) in [5.41, 5.74) is 6.48. The third-order valence-electron chi connectivity index (χ3n) is 1.45. The number of benzene rings is 1. The molecule has 2 N–H and O–H groups in total. The third kappa shape index (κ3) is 2.13. The van der Waals surface area contributed by atoms with Gasteiger partial charge in [0.1, 0.15) is 5.82 Å². The van der Waals surface area contributed by atoms with Crippen molar-refractivity contribution in [1.29, 1.82) is 0 Å². The van der Waals surface area contributed by atoms with Gasteiger partial charge in [0.2, 0.25) is 0 Å². The Kier molecular flexibility index (Phi) is 2.84. The predicted molar refractivity (Wildman–Crippen MR) is 51.7 cm³/mol. The van der Waals surface area contributed by atoms with E-state index in [2.05, 4.69) is 22.6 Å². The number of nitrogens with two attached hydrogens (primary N) is 1. The molecule has 1 aromatic carbocycles. The van der Waals surface area contributed by atoms with Crippen LogP contribution >= 0.6 is 22.6 Å². The molecule has 60 valence electrons. The molecule has 0 radical (unpaired) electrons. The fourth-order valence-corrected chi connectivity index (χ4v) is 1.69. The van der Waals surface area contributed by atoms with Gasteiger partial charge in [0.25, 0.3) is 0 Å². The van der Waals surface area contributed by atoms with Crippen LogP contribution in [0.15, 0.2) is 18.2 Å². The summed E-state index contributed by atoms with van der Waals surface area (Å²) in [6, 6.07) is 4.55. The molecule has 1 rings (SSSR count). The highest BCUT2D eigenvalue weighted by Gasteiger charge is 2.04. The number of rotatable bonds is 1. The van der Waals surface area contributed by atoms with Crippen molar-refractivity contribution >= 4 is 22.6 Å². The average molecular weight is 265 g/mol. The minimum atomic E-state index is -0.224. The summed E-state index contributed by atoms with van der Waals surface area (Å²) in [4.78, 5) is 0. The molecule has 0 spiro atoms. The average Bonchev–Trinajstić information content (AvgIpc) is 1.94. The van der Waals surface area contributed by atoms with E-state index < -0.39 is 0 Å². The second kappa shape index (κ2) is 3.49. The van der Waals surface area contributed by atoms with Gasteiger partial charge >= 0.3 is 0 Å². The van der Waals surface area contributed by atoms with Gasteiger partial charge in [-0.1, -0.05) is 0 Å². The zero-order chi connectivity index (χ0) is 8.43. The molecule has 0 fully saturated rings. The minimum Gasteiger partial charge on any atom is -0.324 e. The molecule has 3 heteroatoms. The van der Waals surface area contributed by atoms with Crippen molar-refractivity contribution in [2.24, 2.45) is 5.73 Å². The first-order chi connectivity index (χ1) is 5.11. The van der Waals surface area contributed by atoms with Gasteiger partial charge in [0.05, 0.1) is 0 Å². The highest BCUT2D eigenvalue weighted by atomic mass is 127. The molecule has 0 saturated heterocycles. The predicted octanol–water partition coefficient (Wildman–Crippen LogP) is 2.45. The Balaban J connectivity index is 3.13. The first-order valence-corrected chi connectivity index (χ1v) is 4.39. The van der Waals surface area contributed by atoms with Gasteiger partial charge in [0, 0.05) is 9.61 Å². The lowest BCUT2D eigenvalue weighted by Gasteiger charge is -2.07. The highest BCUT2D eigenvalue weighted by molar-refractivity contribution is 14.1. The Labute approximate surface area is 78.9 Å². The molecule has 1 nitrogen and oxygen atoms in total. The Morgan fingerprint density at radius 2 is 2.18 bits per heavy atom. The molecule has 0 saturated carbocycles. The van der Waals surface area contributed by atoms with Crippen molar-refractivity contribution in [3.8, 4) is 0 Å². The van der Waals surface area contributed by atoms with E-state index in [9.17, 15) is 4.39 Å². The molecule has 0 amide bonds. The van der Waals surface area contributed by atoms with Gasteiger partial charge in [-0.3, -0.25) is 0 Å². The fourth-order valence-electron chi connectivity index (χ4n) is 0.864. The lowest BCUT2D eigenvalue weighted by Crippen LogP contribution is -2.07. The van der Waals surface area contributed by atoms with E-state index >= 15 is 0 Å². The summed E-state index contributed by atoms with van der Waals surface area (Å²) in [5, 5.41) is 0. The lowest BCUT2D eigenvalue weighted by molar-refractivity contribution is 0.621. The maximum atomic E-state index is 12.6. The standard InChI is InChI=1S/C8H9FIN/c1-5(11)7-4-6(9)2-3-8(7)10/h2-5H,11H2,1H3. The number of hydrogen-bond donors (Lipinski definition) is 1. The second-order valence-corrected chi connectivity index (χ2v) is 3.62. The molecule has 11 heavy (non-hydrogen) atoms. The van der Waals surface area contributed by atoms with Crippen molar-refractivity contribution in [2.75, 3.05) is 0 Å². The fraction of sp³-hybridized carbons (Fsp3) is 0.250. The summed E-state index contributed by atoms with van der Waals surface area (Å²) in [7, 11) is 0. The minimum absolute atomic E-state index is 0.0994. The maximum absolute atomic E-state index is 12.6. The van der Waals surface area contributed by atoms with Crippen molar-refractivity contribution in [3.63, 3.8) is 0 Å².